The van der Waals surface area contributed by atoms with E-state index in [1.54, 1.807) is 0 Å². The number of aryl methyl sites for hydroxylation is 1. The van der Waals surface area contributed by atoms with Gasteiger partial charge in [0.1, 0.15) is 0 Å². The molecular formula is C14H21F3N2S. The highest BCUT2D eigenvalue weighted by atomic mass is 32.2. The summed E-state index contributed by atoms with van der Waals surface area (Å²) in [4.78, 5) is 0. The molecule has 0 aliphatic heterocycles. The normalized spacial score (nSPS) is 21.9. The molecule has 2 N–H and O–H groups in total. The van der Waals surface area contributed by atoms with Gasteiger partial charge in [-0.05, 0) is 48.6 Å². The zero-order chi connectivity index (χ0) is 15.1. The summed E-state index contributed by atoms with van der Waals surface area (Å²) in [5, 5.41) is 0. The fourth-order valence-electron chi connectivity index (χ4n) is 3.07. The molecule has 1 atom stereocenters. The molecule has 0 saturated heterocycles. The number of hydrogen-bond acceptors (Lipinski definition) is 2. The van der Waals surface area contributed by atoms with E-state index in [4.69, 9.17) is 5.73 Å². The third-order valence-electron chi connectivity index (χ3n) is 3.85. The Bertz CT molecular complexity index is 491. The number of aromatic nitrogens is 1. The fourth-order valence-corrected chi connectivity index (χ4v) is 3.57. The van der Waals surface area contributed by atoms with Crippen LogP contribution in [0.2, 0.25) is 0 Å². The van der Waals surface area contributed by atoms with Crippen LogP contribution in [0, 0.1) is 12.3 Å². The number of nitrogens with zero attached hydrogens (tertiary/aromatic N) is 1. The minimum atomic E-state index is -4.16. The van der Waals surface area contributed by atoms with Crippen molar-refractivity contribution in [1.82, 2.24) is 4.57 Å². The van der Waals surface area contributed by atoms with Gasteiger partial charge in [0.25, 0.3) is 0 Å². The van der Waals surface area contributed by atoms with Gasteiger partial charge in [0.15, 0.2) is 0 Å². The Morgan fingerprint density at radius 2 is 2.10 bits per heavy atom. The maximum Gasteiger partial charge on any atom is 0.441 e. The molecule has 2 rings (SSSR count). The van der Waals surface area contributed by atoms with Crippen LogP contribution >= 0.6 is 11.8 Å². The van der Waals surface area contributed by atoms with E-state index in [1.165, 1.54) is 0 Å². The Kier molecular flexibility index (Phi) is 4.17. The van der Waals surface area contributed by atoms with Crippen molar-refractivity contribution < 1.29 is 13.2 Å². The van der Waals surface area contributed by atoms with Crippen LogP contribution < -0.4 is 5.73 Å². The van der Waals surface area contributed by atoms with Crippen LogP contribution in [0.5, 0.6) is 0 Å². The molecule has 0 spiro atoms. The summed E-state index contributed by atoms with van der Waals surface area (Å²) < 4.78 is 38.7. The highest BCUT2D eigenvalue weighted by Crippen LogP contribution is 2.41. The summed E-state index contributed by atoms with van der Waals surface area (Å²) in [7, 11) is 0. The van der Waals surface area contributed by atoms with E-state index in [0.717, 1.165) is 29.8 Å². The summed E-state index contributed by atoms with van der Waals surface area (Å²) in [5.41, 5.74) is 5.39. The highest BCUT2D eigenvalue weighted by Gasteiger charge is 2.33. The number of nitrogens with two attached hydrogens (primary N) is 1. The van der Waals surface area contributed by atoms with Gasteiger partial charge >= 0.3 is 5.51 Å². The van der Waals surface area contributed by atoms with Gasteiger partial charge in [0.05, 0.1) is 0 Å². The van der Waals surface area contributed by atoms with Crippen LogP contribution in [0.3, 0.4) is 0 Å². The lowest BCUT2D eigenvalue weighted by Gasteiger charge is -2.34. The predicted molar refractivity (Wildman–Crippen MR) is 76.7 cm³/mol. The number of rotatable bonds is 3. The summed E-state index contributed by atoms with van der Waals surface area (Å²) in [6.07, 6.45) is 1.79. The first-order chi connectivity index (χ1) is 9.09. The fraction of sp³-hybridized carbons (Fsp3) is 0.714. The van der Waals surface area contributed by atoms with Gasteiger partial charge in [-0.15, -0.1) is 0 Å². The Labute approximate surface area is 121 Å². The maximum atomic E-state index is 12.2. The molecule has 1 unspecified atom stereocenters. The van der Waals surface area contributed by atoms with Gasteiger partial charge in [-0.2, -0.15) is 13.2 Å². The number of thioether (sulfide) groups is 1. The van der Waals surface area contributed by atoms with E-state index in [9.17, 15) is 13.2 Å². The van der Waals surface area contributed by atoms with Crippen LogP contribution in [-0.4, -0.2) is 15.8 Å². The lowest BCUT2D eigenvalue weighted by atomic mass is 9.74. The van der Waals surface area contributed by atoms with Crippen LogP contribution in [0.15, 0.2) is 6.07 Å². The second kappa shape index (κ2) is 5.30. The topological polar surface area (TPSA) is 30.9 Å². The van der Waals surface area contributed by atoms with Crippen molar-refractivity contribution >= 4 is 11.8 Å². The van der Waals surface area contributed by atoms with E-state index >= 15 is 0 Å². The summed E-state index contributed by atoms with van der Waals surface area (Å²) in [6, 6.07) is 2.02. The number of halogens is 3. The first kappa shape index (κ1) is 15.8. The van der Waals surface area contributed by atoms with Gasteiger partial charge in [-0.1, -0.05) is 13.8 Å². The van der Waals surface area contributed by atoms with Crippen molar-refractivity contribution in [3.8, 4) is 0 Å². The molecule has 1 aliphatic carbocycles. The molecule has 0 radical (unpaired) electrons. The second-order valence-electron chi connectivity index (χ2n) is 6.29. The van der Waals surface area contributed by atoms with Crippen molar-refractivity contribution in [3.05, 3.63) is 23.0 Å². The SMILES string of the molecule is Cc1cc2c(n1CCSC(F)(F)F)CC(C)(C)CC2N. The molecule has 1 aromatic heterocycles. The van der Waals surface area contributed by atoms with E-state index in [2.05, 4.69) is 13.8 Å². The smallest absolute Gasteiger partial charge is 0.348 e. The Morgan fingerprint density at radius 3 is 2.70 bits per heavy atom. The zero-order valence-corrected chi connectivity index (χ0v) is 12.9. The van der Waals surface area contributed by atoms with Gasteiger partial charge in [0, 0.05) is 29.7 Å². The monoisotopic (exact) mass is 306 g/mol. The lowest BCUT2D eigenvalue weighted by Crippen LogP contribution is -2.30. The van der Waals surface area contributed by atoms with Crippen LogP contribution in [0.25, 0.3) is 0 Å². The molecule has 0 saturated carbocycles. The Balaban J connectivity index is 2.19. The number of alkyl halides is 3. The van der Waals surface area contributed by atoms with Crippen LogP contribution in [-0.2, 0) is 13.0 Å². The summed E-state index contributed by atoms with van der Waals surface area (Å²) in [6.45, 7) is 6.64. The van der Waals surface area contributed by atoms with Crippen molar-refractivity contribution in [2.75, 3.05) is 5.75 Å². The summed E-state index contributed by atoms with van der Waals surface area (Å²) in [5.74, 6) is 0.0428. The van der Waals surface area contributed by atoms with E-state index in [0.29, 0.717) is 6.54 Å². The van der Waals surface area contributed by atoms with Gasteiger partial charge < -0.3 is 10.3 Å². The molecule has 1 aliphatic rings. The van der Waals surface area contributed by atoms with E-state index in [1.807, 2.05) is 17.6 Å². The van der Waals surface area contributed by atoms with E-state index < -0.39 is 5.51 Å². The minimum Gasteiger partial charge on any atom is -0.348 e. The molecule has 20 heavy (non-hydrogen) atoms. The van der Waals surface area contributed by atoms with Gasteiger partial charge in [-0.25, -0.2) is 0 Å². The average Bonchev–Trinajstić information content (AvgIpc) is 2.54. The van der Waals surface area contributed by atoms with Crippen LogP contribution in [0.1, 0.15) is 43.3 Å². The molecule has 0 amide bonds. The predicted octanol–water partition coefficient (Wildman–Crippen LogP) is 4.02. The molecule has 114 valence electrons. The average molecular weight is 306 g/mol. The Hall–Kier alpha value is -0.620. The van der Waals surface area contributed by atoms with Crippen molar-refractivity contribution in [2.45, 2.75) is 51.7 Å². The molecule has 0 bridgehead atoms. The van der Waals surface area contributed by atoms with Crippen molar-refractivity contribution in [1.29, 1.82) is 0 Å². The molecule has 2 nitrogen and oxygen atoms in total. The number of fused-ring (bicyclic) bond motifs is 1. The second-order valence-corrected chi connectivity index (χ2v) is 7.45. The third-order valence-corrected chi connectivity index (χ3v) is 4.56. The summed E-state index contributed by atoms with van der Waals surface area (Å²) >= 11 is 0.0398. The number of hydrogen-bond donors (Lipinski definition) is 1. The maximum absolute atomic E-state index is 12.2. The van der Waals surface area contributed by atoms with Gasteiger partial charge in [-0.3, -0.25) is 0 Å². The van der Waals surface area contributed by atoms with Gasteiger partial charge in [0.2, 0.25) is 0 Å². The standard InChI is InChI=1S/C14H21F3N2S/c1-9-6-10-11(18)7-13(2,3)8-12(10)19(9)4-5-20-14(15,16)17/h6,11H,4-5,7-8,18H2,1-3H3. The van der Waals surface area contributed by atoms with Crippen molar-refractivity contribution in [3.63, 3.8) is 0 Å². The third kappa shape index (κ3) is 3.52. The first-order valence-corrected chi connectivity index (χ1v) is 7.73. The quantitative estimate of drug-likeness (QED) is 0.914. The molecule has 0 fully saturated rings. The minimum absolute atomic E-state index is 0.0102. The molecule has 0 aromatic carbocycles. The van der Waals surface area contributed by atoms with Crippen molar-refractivity contribution in [2.24, 2.45) is 11.1 Å². The first-order valence-electron chi connectivity index (χ1n) is 6.74. The van der Waals surface area contributed by atoms with Crippen LogP contribution in [0.4, 0.5) is 13.2 Å². The largest absolute Gasteiger partial charge is 0.441 e. The molecule has 1 heterocycles. The molecule has 6 heteroatoms. The lowest BCUT2D eigenvalue weighted by molar-refractivity contribution is -0.0328. The zero-order valence-electron chi connectivity index (χ0n) is 12.0. The Morgan fingerprint density at radius 1 is 1.45 bits per heavy atom. The highest BCUT2D eigenvalue weighted by molar-refractivity contribution is 8.00. The molecular weight excluding hydrogens is 285 g/mol. The van der Waals surface area contributed by atoms with E-state index in [-0.39, 0.29) is 29.0 Å². The molecule has 1 aromatic rings.